The zero-order chi connectivity index (χ0) is 21.9. The highest BCUT2D eigenvalue weighted by Gasteiger charge is 2.22. The molecule has 0 spiro atoms. The van der Waals surface area contributed by atoms with Gasteiger partial charge in [0.2, 0.25) is 10.0 Å². The maximum atomic E-state index is 12.8. The Balaban J connectivity index is 1.88. The lowest BCUT2D eigenvalue weighted by atomic mass is 10.2. The summed E-state index contributed by atoms with van der Waals surface area (Å²) in [5.74, 6) is -0.392. The number of hydrogen-bond acceptors (Lipinski definition) is 4. The van der Waals surface area contributed by atoms with Crippen molar-refractivity contribution in [2.45, 2.75) is 38.5 Å². The van der Waals surface area contributed by atoms with Crippen LogP contribution >= 0.6 is 11.3 Å². The highest BCUT2D eigenvalue weighted by atomic mass is 32.2. The summed E-state index contributed by atoms with van der Waals surface area (Å²) in [4.78, 5) is 17.7. The van der Waals surface area contributed by atoms with E-state index in [-0.39, 0.29) is 4.90 Å². The van der Waals surface area contributed by atoms with Gasteiger partial charge in [-0.2, -0.15) is 9.30 Å². The Morgan fingerprint density at radius 2 is 1.83 bits per heavy atom. The van der Waals surface area contributed by atoms with Gasteiger partial charge < -0.3 is 4.57 Å². The molecule has 1 amide bonds. The maximum Gasteiger partial charge on any atom is 0.279 e. The molecule has 0 bridgehead atoms. The van der Waals surface area contributed by atoms with Crippen molar-refractivity contribution in [3.05, 3.63) is 58.4 Å². The number of aryl methyl sites for hydroxylation is 2. The van der Waals surface area contributed by atoms with Gasteiger partial charge in [-0.05, 0) is 55.3 Å². The van der Waals surface area contributed by atoms with Crippen LogP contribution in [0, 0.1) is 6.92 Å². The fourth-order valence-electron chi connectivity index (χ4n) is 3.20. The van der Waals surface area contributed by atoms with E-state index < -0.39 is 15.9 Å². The van der Waals surface area contributed by atoms with Crippen LogP contribution in [0.4, 0.5) is 0 Å². The number of hydrogen-bond donors (Lipinski definition) is 0. The number of amides is 1. The molecule has 0 aliphatic carbocycles. The molecule has 0 aliphatic heterocycles. The Kier molecular flexibility index (Phi) is 6.90. The SMILES string of the molecule is CCCCN(CC)S(=O)(=O)c1ccc(C(=O)N=c2sc3cc(C)ccc3n2C)cc1. The number of rotatable bonds is 7. The molecule has 8 heteroatoms. The van der Waals surface area contributed by atoms with Crippen LogP contribution in [0.2, 0.25) is 0 Å². The van der Waals surface area contributed by atoms with Gasteiger partial charge in [-0.3, -0.25) is 4.79 Å². The topological polar surface area (TPSA) is 71.7 Å². The van der Waals surface area contributed by atoms with Gasteiger partial charge in [-0.15, -0.1) is 0 Å². The van der Waals surface area contributed by atoms with Gasteiger partial charge in [0.25, 0.3) is 5.91 Å². The monoisotopic (exact) mass is 445 g/mol. The second-order valence-corrected chi connectivity index (χ2v) is 10.2. The van der Waals surface area contributed by atoms with Crippen molar-refractivity contribution in [2.75, 3.05) is 13.1 Å². The normalized spacial score (nSPS) is 12.8. The van der Waals surface area contributed by atoms with Crippen molar-refractivity contribution in [2.24, 2.45) is 12.0 Å². The average Bonchev–Trinajstić information content (AvgIpc) is 3.03. The minimum Gasteiger partial charge on any atom is -0.319 e. The predicted octanol–water partition coefficient (Wildman–Crippen LogP) is 4.10. The number of sulfonamides is 1. The van der Waals surface area contributed by atoms with E-state index in [0.717, 1.165) is 28.6 Å². The highest BCUT2D eigenvalue weighted by molar-refractivity contribution is 7.89. The third-order valence-electron chi connectivity index (χ3n) is 5.01. The maximum absolute atomic E-state index is 12.8. The van der Waals surface area contributed by atoms with Gasteiger partial charge in [0.1, 0.15) is 0 Å². The zero-order valence-corrected chi connectivity index (χ0v) is 19.4. The summed E-state index contributed by atoms with van der Waals surface area (Å²) in [5.41, 5.74) is 2.53. The number of thiazole rings is 1. The molecule has 3 aromatic rings. The quantitative estimate of drug-likeness (QED) is 0.550. The van der Waals surface area contributed by atoms with Gasteiger partial charge in [-0.1, -0.05) is 37.7 Å². The predicted molar refractivity (Wildman–Crippen MR) is 121 cm³/mol. The first-order valence-corrected chi connectivity index (χ1v) is 12.3. The third kappa shape index (κ3) is 4.55. The fourth-order valence-corrected chi connectivity index (χ4v) is 5.80. The van der Waals surface area contributed by atoms with Crippen molar-refractivity contribution < 1.29 is 13.2 Å². The molecule has 1 heterocycles. The van der Waals surface area contributed by atoms with E-state index in [4.69, 9.17) is 0 Å². The van der Waals surface area contributed by atoms with Gasteiger partial charge in [-0.25, -0.2) is 8.42 Å². The van der Waals surface area contributed by atoms with E-state index in [1.165, 1.54) is 39.9 Å². The smallest absolute Gasteiger partial charge is 0.279 e. The van der Waals surface area contributed by atoms with Crippen molar-refractivity contribution in [3.63, 3.8) is 0 Å². The van der Waals surface area contributed by atoms with Gasteiger partial charge in [0.15, 0.2) is 4.80 Å². The number of carbonyl (C=O) groups excluding carboxylic acids is 1. The van der Waals surface area contributed by atoms with E-state index in [1.54, 1.807) is 0 Å². The molecule has 6 nitrogen and oxygen atoms in total. The number of nitrogens with zero attached hydrogens (tertiary/aromatic N) is 3. The van der Waals surface area contributed by atoms with E-state index in [2.05, 4.69) is 11.1 Å². The summed E-state index contributed by atoms with van der Waals surface area (Å²) in [5, 5.41) is 0. The van der Waals surface area contributed by atoms with E-state index in [9.17, 15) is 13.2 Å². The molecule has 0 atom stereocenters. The van der Waals surface area contributed by atoms with Crippen LogP contribution in [0.1, 0.15) is 42.6 Å². The van der Waals surface area contributed by atoms with E-state index in [1.807, 2.05) is 44.5 Å². The molecule has 0 aliphatic rings. The van der Waals surface area contributed by atoms with Gasteiger partial charge in [0.05, 0.1) is 15.1 Å². The number of carbonyl (C=O) groups is 1. The molecule has 2 aromatic carbocycles. The van der Waals surface area contributed by atoms with Gasteiger partial charge >= 0.3 is 0 Å². The first kappa shape index (κ1) is 22.4. The lowest BCUT2D eigenvalue weighted by Gasteiger charge is -2.20. The second kappa shape index (κ2) is 9.24. The summed E-state index contributed by atoms with van der Waals surface area (Å²) < 4.78 is 30.1. The summed E-state index contributed by atoms with van der Waals surface area (Å²) in [7, 11) is -1.68. The molecule has 1 aromatic heterocycles. The second-order valence-electron chi connectivity index (χ2n) is 7.21. The largest absolute Gasteiger partial charge is 0.319 e. The molecule has 0 saturated carbocycles. The zero-order valence-electron chi connectivity index (χ0n) is 17.8. The third-order valence-corrected chi connectivity index (χ3v) is 8.10. The fraction of sp³-hybridized carbons (Fsp3) is 0.364. The van der Waals surface area contributed by atoms with Crippen LogP contribution < -0.4 is 4.80 Å². The van der Waals surface area contributed by atoms with Crippen LogP contribution in [0.5, 0.6) is 0 Å². The lowest BCUT2D eigenvalue weighted by molar-refractivity contribution is 0.0998. The first-order chi connectivity index (χ1) is 14.3. The minimum absolute atomic E-state index is 0.194. The molecule has 0 radical (unpaired) electrons. The van der Waals surface area contributed by atoms with Crippen molar-refractivity contribution in [1.82, 2.24) is 8.87 Å². The van der Waals surface area contributed by atoms with Crippen molar-refractivity contribution >= 4 is 37.5 Å². The number of unbranched alkanes of at least 4 members (excludes halogenated alkanes) is 1. The van der Waals surface area contributed by atoms with Crippen LogP contribution in [0.15, 0.2) is 52.4 Å². The summed E-state index contributed by atoms with van der Waals surface area (Å²) in [6.45, 7) is 6.80. The van der Waals surface area contributed by atoms with Crippen molar-refractivity contribution in [3.8, 4) is 0 Å². The molecular weight excluding hydrogens is 418 g/mol. The molecule has 30 heavy (non-hydrogen) atoms. The summed E-state index contributed by atoms with van der Waals surface area (Å²) in [6, 6.07) is 12.2. The molecule has 0 N–H and O–H groups in total. The van der Waals surface area contributed by atoms with Crippen molar-refractivity contribution in [1.29, 1.82) is 0 Å². The molecule has 160 valence electrons. The van der Waals surface area contributed by atoms with Gasteiger partial charge in [0, 0.05) is 25.7 Å². The minimum atomic E-state index is -3.56. The Morgan fingerprint density at radius 3 is 2.47 bits per heavy atom. The first-order valence-electron chi connectivity index (χ1n) is 10.0. The van der Waals surface area contributed by atoms with Crippen LogP contribution in [0.25, 0.3) is 10.2 Å². The number of aromatic nitrogens is 1. The van der Waals surface area contributed by atoms with E-state index >= 15 is 0 Å². The molecule has 0 unspecified atom stereocenters. The molecular formula is C22H27N3O3S2. The summed E-state index contributed by atoms with van der Waals surface area (Å²) in [6.07, 6.45) is 1.74. The van der Waals surface area contributed by atoms with E-state index in [0.29, 0.717) is 23.5 Å². The highest BCUT2D eigenvalue weighted by Crippen LogP contribution is 2.19. The van der Waals surface area contributed by atoms with Crippen LogP contribution in [-0.4, -0.2) is 36.3 Å². The standard InChI is InChI=1S/C22H27N3O3S2/c1-5-7-14-25(6-2)30(27,28)18-11-9-17(10-12-18)21(26)23-22-24(4)19-13-8-16(3)15-20(19)29-22/h8-13,15H,5-7,14H2,1-4H3. The Hall–Kier alpha value is -2.29. The molecule has 0 fully saturated rings. The average molecular weight is 446 g/mol. The lowest BCUT2D eigenvalue weighted by Crippen LogP contribution is -2.31. The van der Waals surface area contributed by atoms with Crippen LogP contribution in [-0.2, 0) is 17.1 Å². The number of fused-ring (bicyclic) bond motifs is 1. The molecule has 3 rings (SSSR count). The number of benzene rings is 2. The van der Waals surface area contributed by atoms with Crippen LogP contribution in [0.3, 0.4) is 0 Å². The Morgan fingerprint density at radius 1 is 1.13 bits per heavy atom. The summed E-state index contributed by atoms with van der Waals surface area (Å²) >= 11 is 1.46. The Bertz CT molecular complexity index is 1220. The molecule has 0 saturated heterocycles. The Labute approximate surface area is 181 Å².